The highest BCUT2D eigenvalue weighted by Gasteiger charge is 2.44. The van der Waals surface area contributed by atoms with Gasteiger partial charge in [-0.2, -0.15) is 17.6 Å². The number of carboxylic acids is 1. The Balaban J connectivity index is 2.37. The summed E-state index contributed by atoms with van der Waals surface area (Å²) < 4.78 is 54.2. The molecule has 3 N–H and O–H groups in total. The van der Waals surface area contributed by atoms with Gasteiger partial charge in [0.2, 0.25) is 0 Å². The Hall–Kier alpha value is -3.10. The molecule has 0 aromatic heterocycles. The summed E-state index contributed by atoms with van der Waals surface area (Å²) in [5, 5.41) is 9.00. The van der Waals surface area contributed by atoms with Gasteiger partial charge in [-0.1, -0.05) is 18.2 Å². The second kappa shape index (κ2) is 6.80. The highest BCUT2D eigenvalue weighted by atomic mass is 19.3. The number of halogens is 4. The van der Waals surface area contributed by atoms with Gasteiger partial charge < -0.3 is 15.6 Å². The van der Waals surface area contributed by atoms with Crippen LogP contribution in [0.2, 0.25) is 0 Å². The summed E-state index contributed by atoms with van der Waals surface area (Å²) in [7, 11) is 0. The molecule has 2 aromatic carbocycles. The third-order valence-electron chi connectivity index (χ3n) is 3.19. The fraction of sp³-hybridized carbons (Fsp3) is 0.125. The van der Waals surface area contributed by atoms with Crippen molar-refractivity contribution in [1.82, 2.24) is 0 Å². The van der Waals surface area contributed by atoms with Crippen LogP contribution in [0.25, 0.3) is 0 Å². The first-order chi connectivity index (χ1) is 11.6. The van der Waals surface area contributed by atoms with Gasteiger partial charge in [-0.25, -0.2) is 4.79 Å². The van der Waals surface area contributed by atoms with Crippen molar-refractivity contribution >= 4 is 17.4 Å². The van der Waals surface area contributed by atoms with Crippen molar-refractivity contribution < 1.29 is 37.0 Å². The summed E-state index contributed by atoms with van der Waals surface area (Å²) >= 11 is 0. The Morgan fingerprint density at radius 2 is 1.68 bits per heavy atom. The largest absolute Gasteiger partial charge is 0.478 e. The van der Waals surface area contributed by atoms with E-state index in [1.165, 1.54) is 24.3 Å². The fourth-order valence-corrected chi connectivity index (χ4v) is 2.01. The molecule has 9 heteroatoms. The van der Waals surface area contributed by atoms with E-state index in [1.807, 2.05) is 0 Å². The Morgan fingerprint density at radius 3 is 2.28 bits per heavy atom. The minimum atomic E-state index is -4.72. The van der Waals surface area contributed by atoms with Crippen LogP contribution >= 0.6 is 0 Å². The molecule has 0 radical (unpaired) electrons. The van der Waals surface area contributed by atoms with Gasteiger partial charge in [0.25, 0.3) is 0 Å². The molecule has 0 heterocycles. The lowest BCUT2D eigenvalue weighted by molar-refractivity contribution is -0.253. The van der Waals surface area contributed by atoms with Gasteiger partial charge in [-0.05, 0) is 24.3 Å². The first-order valence-electron chi connectivity index (χ1n) is 6.75. The zero-order valence-corrected chi connectivity index (χ0v) is 12.4. The molecule has 0 aliphatic carbocycles. The molecule has 2 rings (SSSR count). The molecule has 0 spiro atoms. The monoisotopic (exact) mass is 357 g/mol. The first-order valence-corrected chi connectivity index (χ1v) is 6.75. The number of hydrogen-bond donors (Lipinski definition) is 2. The predicted octanol–water partition coefficient (Wildman–Crippen LogP) is 3.43. The minimum absolute atomic E-state index is 0.169. The highest BCUT2D eigenvalue weighted by Crippen LogP contribution is 2.29. The van der Waals surface area contributed by atoms with Gasteiger partial charge in [0.05, 0.1) is 11.3 Å². The molecule has 0 saturated carbocycles. The molecule has 25 heavy (non-hydrogen) atoms. The van der Waals surface area contributed by atoms with Crippen molar-refractivity contribution in [3.05, 3.63) is 59.2 Å². The van der Waals surface area contributed by atoms with E-state index in [0.717, 1.165) is 18.2 Å². The van der Waals surface area contributed by atoms with E-state index in [2.05, 4.69) is 4.74 Å². The first kappa shape index (κ1) is 18.2. The number of carbonyl (C=O) groups is 2. The van der Waals surface area contributed by atoms with Crippen molar-refractivity contribution in [3.8, 4) is 5.75 Å². The third-order valence-corrected chi connectivity index (χ3v) is 3.19. The number of nitrogens with two attached hydrogens (primary N) is 1. The van der Waals surface area contributed by atoms with Crippen LogP contribution in [0.1, 0.15) is 26.3 Å². The lowest BCUT2D eigenvalue weighted by Crippen LogP contribution is -2.33. The topological polar surface area (TPSA) is 89.6 Å². The maximum absolute atomic E-state index is 13.0. The smallest absolute Gasteiger partial charge is 0.461 e. The van der Waals surface area contributed by atoms with Crippen LogP contribution in [0.15, 0.2) is 42.5 Å². The van der Waals surface area contributed by atoms with E-state index in [-0.39, 0.29) is 22.4 Å². The quantitative estimate of drug-likeness (QED) is 0.470. The molecule has 0 saturated heterocycles. The average molecular weight is 357 g/mol. The zero-order valence-electron chi connectivity index (χ0n) is 12.4. The fourth-order valence-electron chi connectivity index (χ4n) is 2.01. The van der Waals surface area contributed by atoms with E-state index in [1.54, 1.807) is 0 Å². The zero-order chi connectivity index (χ0) is 18.8. The molecule has 0 amide bonds. The van der Waals surface area contributed by atoms with Crippen molar-refractivity contribution in [2.24, 2.45) is 0 Å². The van der Waals surface area contributed by atoms with Crippen LogP contribution in [0.5, 0.6) is 5.75 Å². The van der Waals surface area contributed by atoms with Gasteiger partial charge in [-0.15, -0.1) is 0 Å². The third kappa shape index (κ3) is 3.87. The van der Waals surface area contributed by atoms with E-state index in [4.69, 9.17) is 10.8 Å². The van der Waals surface area contributed by atoms with Crippen LogP contribution in [0, 0.1) is 0 Å². The number of nitrogen functional groups attached to an aromatic ring is 1. The Bertz CT molecular complexity index is 824. The summed E-state index contributed by atoms with van der Waals surface area (Å²) in [5.41, 5.74) is 4.69. The summed E-state index contributed by atoms with van der Waals surface area (Å²) in [6.45, 7) is 0. The van der Waals surface area contributed by atoms with Gasteiger partial charge in [-0.3, -0.25) is 4.79 Å². The Morgan fingerprint density at radius 1 is 1.08 bits per heavy atom. The molecule has 0 fully saturated rings. The van der Waals surface area contributed by atoms with E-state index in [0.29, 0.717) is 0 Å². The molecule has 0 aliphatic heterocycles. The second-order valence-corrected chi connectivity index (χ2v) is 4.89. The Labute approximate surface area is 138 Å². The SMILES string of the molecule is Nc1c(C(=O)O)cccc1C(=O)c1cccc(OC(F)(F)C(F)F)c1. The maximum atomic E-state index is 13.0. The normalized spacial score (nSPS) is 11.4. The number of alkyl halides is 4. The minimum Gasteiger partial charge on any atom is -0.478 e. The van der Waals surface area contributed by atoms with Crippen molar-refractivity contribution in [1.29, 1.82) is 0 Å². The molecular weight excluding hydrogens is 346 g/mol. The van der Waals surface area contributed by atoms with E-state index >= 15 is 0 Å². The lowest BCUT2D eigenvalue weighted by atomic mass is 9.99. The highest BCUT2D eigenvalue weighted by molar-refractivity contribution is 6.14. The van der Waals surface area contributed by atoms with Crippen LogP contribution in [0.3, 0.4) is 0 Å². The molecule has 0 atom stereocenters. The maximum Gasteiger partial charge on any atom is 0.461 e. The number of para-hydroxylation sites is 1. The van der Waals surface area contributed by atoms with Crippen molar-refractivity contribution in [2.45, 2.75) is 12.5 Å². The molecule has 0 aliphatic rings. The van der Waals surface area contributed by atoms with E-state index in [9.17, 15) is 27.2 Å². The molecule has 5 nitrogen and oxygen atoms in total. The molecule has 0 bridgehead atoms. The lowest BCUT2D eigenvalue weighted by Gasteiger charge is -2.17. The van der Waals surface area contributed by atoms with Gasteiger partial charge in [0.1, 0.15) is 5.75 Å². The van der Waals surface area contributed by atoms with E-state index < -0.39 is 30.0 Å². The van der Waals surface area contributed by atoms with Gasteiger partial charge in [0.15, 0.2) is 5.78 Å². The number of ether oxygens (including phenoxy) is 1. The summed E-state index contributed by atoms with van der Waals surface area (Å²) in [6.07, 6.45) is -8.76. The number of ketones is 1. The van der Waals surface area contributed by atoms with Crippen LogP contribution in [-0.2, 0) is 0 Å². The average Bonchev–Trinajstić information content (AvgIpc) is 2.54. The van der Waals surface area contributed by atoms with Gasteiger partial charge in [0, 0.05) is 11.1 Å². The number of carboxylic acid groups (broad SMARTS) is 1. The Kier molecular flexibility index (Phi) is 4.96. The van der Waals surface area contributed by atoms with Crippen LogP contribution < -0.4 is 10.5 Å². The van der Waals surface area contributed by atoms with Crippen LogP contribution in [-0.4, -0.2) is 29.4 Å². The predicted molar refractivity (Wildman–Crippen MR) is 79.3 cm³/mol. The van der Waals surface area contributed by atoms with Crippen molar-refractivity contribution in [2.75, 3.05) is 5.73 Å². The number of hydrogen-bond acceptors (Lipinski definition) is 4. The standard InChI is InChI=1S/C16H11F4NO4/c17-15(18)16(19,20)25-9-4-1-3-8(7-9)13(22)10-5-2-6-11(12(10)21)14(23)24/h1-7,15H,21H2,(H,23,24). The molecule has 132 valence electrons. The molecule has 2 aromatic rings. The summed E-state index contributed by atoms with van der Waals surface area (Å²) in [6, 6.07) is 7.93. The number of aromatic carboxylic acids is 1. The van der Waals surface area contributed by atoms with Crippen LogP contribution in [0.4, 0.5) is 23.2 Å². The summed E-state index contributed by atoms with van der Waals surface area (Å²) in [5.74, 6) is -2.77. The number of benzene rings is 2. The number of carbonyl (C=O) groups excluding carboxylic acids is 1. The number of anilines is 1. The molecular formula is C16H11F4NO4. The second-order valence-electron chi connectivity index (χ2n) is 4.89. The summed E-state index contributed by atoms with van der Waals surface area (Å²) in [4.78, 5) is 23.5. The van der Waals surface area contributed by atoms with Gasteiger partial charge >= 0.3 is 18.5 Å². The van der Waals surface area contributed by atoms with Crippen molar-refractivity contribution in [3.63, 3.8) is 0 Å². The molecule has 0 unspecified atom stereocenters. The number of rotatable bonds is 6.